The molecule has 5 nitrogen and oxygen atoms in total. The SMILES string of the molecule is O=C(c1ccccc1)C1(O)C=CC(O)(O)C=C1O. The lowest BCUT2D eigenvalue weighted by Gasteiger charge is -2.28. The van der Waals surface area contributed by atoms with Crippen molar-refractivity contribution in [3.63, 3.8) is 0 Å². The van der Waals surface area contributed by atoms with Crippen LogP contribution >= 0.6 is 0 Å². The van der Waals surface area contributed by atoms with Gasteiger partial charge in [-0.05, 0) is 12.2 Å². The second kappa shape index (κ2) is 4.06. The van der Waals surface area contributed by atoms with Crippen LogP contribution in [-0.2, 0) is 0 Å². The predicted octanol–water partition coefficient (Wildman–Crippen LogP) is 0.293. The Labute approximate surface area is 103 Å². The summed E-state index contributed by atoms with van der Waals surface area (Å²) in [7, 11) is 0. The molecule has 0 aromatic heterocycles. The molecule has 18 heavy (non-hydrogen) atoms. The molecule has 1 atom stereocenters. The van der Waals surface area contributed by atoms with Crippen molar-refractivity contribution >= 4 is 5.78 Å². The maximum atomic E-state index is 12.1. The molecule has 0 saturated carbocycles. The minimum atomic E-state index is -2.37. The van der Waals surface area contributed by atoms with E-state index in [0.29, 0.717) is 6.08 Å². The van der Waals surface area contributed by atoms with Gasteiger partial charge in [0, 0.05) is 11.6 Å². The summed E-state index contributed by atoms with van der Waals surface area (Å²) in [6.45, 7) is 0. The van der Waals surface area contributed by atoms with Gasteiger partial charge >= 0.3 is 0 Å². The highest BCUT2D eigenvalue weighted by Gasteiger charge is 2.43. The van der Waals surface area contributed by atoms with Crippen LogP contribution in [0.25, 0.3) is 0 Å². The number of aliphatic hydroxyl groups excluding tert-OH is 1. The topological polar surface area (TPSA) is 98.0 Å². The first-order chi connectivity index (χ1) is 8.35. The number of benzene rings is 1. The van der Waals surface area contributed by atoms with Crippen molar-refractivity contribution in [3.8, 4) is 0 Å². The van der Waals surface area contributed by atoms with Crippen molar-refractivity contribution < 1.29 is 25.2 Å². The molecule has 1 unspecified atom stereocenters. The van der Waals surface area contributed by atoms with Gasteiger partial charge in [0.2, 0.25) is 17.2 Å². The molecule has 0 bridgehead atoms. The number of aliphatic hydroxyl groups is 4. The molecular formula is C13H12O5. The maximum absolute atomic E-state index is 12.1. The third-order valence-corrected chi connectivity index (χ3v) is 2.69. The standard InChI is InChI=1S/C13H12O5/c14-10-8-12(16,17)6-7-13(10,18)11(15)9-4-2-1-3-5-9/h1-8,14,16-18H. The van der Waals surface area contributed by atoms with E-state index in [1.807, 2.05) is 0 Å². The van der Waals surface area contributed by atoms with E-state index in [9.17, 15) is 25.2 Å². The van der Waals surface area contributed by atoms with E-state index in [1.165, 1.54) is 12.1 Å². The second-order valence-corrected chi connectivity index (χ2v) is 4.11. The lowest BCUT2D eigenvalue weighted by atomic mass is 9.86. The highest BCUT2D eigenvalue weighted by atomic mass is 16.5. The zero-order valence-electron chi connectivity index (χ0n) is 9.32. The Morgan fingerprint density at radius 3 is 2.17 bits per heavy atom. The van der Waals surface area contributed by atoms with Crippen LogP contribution in [0.15, 0.2) is 54.3 Å². The van der Waals surface area contributed by atoms with E-state index in [2.05, 4.69) is 0 Å². The third-order valence-electron chi connectivity index (χ3n) is 2.69. The summed E-state index contributed by atoms with van der Waals surface area (Å²) in [5.41, 5.74) is -2.07. The second-order valence-electron chi connectivity index (χ2n) is 4.11. The fourth-order valence-corrected chi connectivity index (χ4v) is 1.69. The van der Waals surface area contributed by atoms with Crippen molar-refractivity contribution in [2.75, 3.05) is 0 Å². The molecule has 0 saturated heterocycles. The summed E-state index contributed by atoms with van der Waals surface area (Å²) in [6.07, 6.45) is 2.29. The van der Waals surface area contributed by atoms with Crippen LogP contribution in [0.2, 0.25) is 0 Å². The average Bonchev–Trinajstić information content (AvgIpc) is 2.34. The van der Waals surface area contributed by atoms with E-state index in [0.717, 1.165) is 12.2 Å². The molecule has 4 N–H and O–H groups in total. The van der Waals surface area contributed by atoms with E-state index in [1.54, 1.807) is 18.2 Å². The van der Waals surface area contributed by atoms with Gasteiger partial charge in [0.05, 0.1) is 0 Å². The number of ketones is 1. The van der Waals surface area contributed by atoms with Crippen LogP contribution in [0.4, 0.5) is 0 Å². The molecule has 0 radical (unpaired) electrons. The Kier molecular flexibility index (Phi) is 2.82. The van der Waals surface area contributed by atoms with Crippen molar-refractivity contribution in [2.45, 2.75) is 11.4 Å². The van der Waals surface area contributed by atoms with Gasteiger partial charge in [-0.3, -0.25) is 4.79 Å². The van der Waals surface area contributed by atoms with Crippen LogP contribution in [0.5, 0.6) is 0 Å². The Hall–Kier alpha value is -1.95. The minimum Gasteiger partial charge on any atom is -0.508 e. The largest absolute Gasteiger partial charge is 0.508 e. The number of Topliss-reactive ketones (excluding diaryl/α,β-unsaturated/α-hetero) is 1. The smallest absolute Gasteiger partial charge is 0.206 e. The monoisotopic (exact) mass is 248 g/mol. The minimum absolute atomic E-state index is 0.202. The molecule has 2 rings (SSSR count). The third kappa shape index (κ3) is 2.06. The number of rotatable bonds is 2. The summed E-state index contributed by atoms with van der Waals surface area (Å²) >= 11 is 0. The number of carbonyl (C=O) groups is 1. The van der Waals surface area contributed by atoms with Gasteiger partial charge in [-0.1, -0.05) is 30.3 Å². The first kappa shape index (κ1) is 12.5. The first-order valence-electron chi connectivity index (χ1n) is 5.25. The highest BCUT2D eigenvalue weighted by molar-refractivity contribution is 6.05. The van der Waals surface area contributed by atoms with Gasteiger partial charge in [-0.25, -0.2) is 0 Å². The number of hydrogen-bond acceptors (Lipinski definition) is 5. The van der Waals surface area contributed by atoms with Gasteiger partial charge in [0.25, 0.3) is 0 Å². The van der Waals surface area contributed by atoms with Crippen molar-refractivity contribution in [2.24, 2.45) is 0 Å². The van der Waals surface area contributed by atoms with E-state index in [-0.39, 0.29) is 5.56 Å². The van der Waals surface area contributed by atoms with Gasteiger partial charge in [0.15, 0.2) is 0 Å². The van der Waals surface area contributed by atoms with Crippen molar-refractivity contribution in [1.29, 1.82) is 0 Å². The van der Waals surface area contributed by atoms with Crippen molar-refractivity contribution in [3.05, 3.63) is 59.9 Å². The fraction of sp³-hybridized carbons (Fsp3) is 0.154. The van der Waals surface area contributed by atoms with Crippen LogP contribution in [0, 0.1) is 0 Å². The van der Waals surface area contributed by atoms with Gasteiger partial charge < -0.3 is 20.4 Å². The van der Waals surface area contributed by atoms with E-state index < -0.39 is 22.9 Å². The molecular weight excluding hydrogens is 236 g/mol. The maximum Gasteiger partial charge on any atom is 0.206 e. The number of hydrogen-bond donors (Lipinski definition) is 4. The van der Waals surface area contributed by atoms with Gasteiger partial charge in [0.1, 0.15) is 5.76 Å². The van der Waals surface area contributed by atoms with Crippen LogP contribution in [0.3, 0.4) is 0 Å². The molecule has 0 spiro atoms. The molecule has 1 aliphatic rings. The number of carbonyl (C=O) groups excluding carboxylic acids is 1. The molecule has 0 heterocycles. The Balaban J connectivity index is 2.40. The lowest BCUT2D eigenvalue weighted by molar-refractivity contribution is -0.0827. The van der Waals surface area contributed by atoms with Crippen LogP contribution < -0.4 is 0 Å². The molecule has 0 amide bonds. The van der Waals surface area contributed by atoms with Gasteiger partial charge in [-0.15, -0.1) is 0 Å². The Bertz CT molecular complexity index is 530. The highest BCUT2D eigenvalue weighted by Crippen LogP contribution is 2.29. The molecule has 1 aromatic carbocycles. The normalized spacial score (nSPS) is 25.6. The molecule has 0 aliphatic heterocycles. The predicted molar refractivity (Wildman–Crippen MR) is 62.7 cm³/mol. The first-order valence-corrected chi connectivity index (χ1v) is 5.25. The van der Waals surface area contributed by atoms with Crippen LogP contribution in [-0.4, -0.2) is 37.6 Å². The fourth-order valence-electron chi connectivity index (χ4n) is 1.69. The lowest BCUT2D eigenvalue weighted by Crippen LogP contribution is -2.43. The summed E-state index contributed by atoms with van der Waals surface area (Å²) in [5.74, 6) is -3.93. The quantitative estimate of drug-likeness (QED) is 0.342. The van der Waals surface area contributed by atoms with E-state index >= 15 is 0 Å². The summed E-state index contributed by atoms with van der Waals surface area (Å²) in [6, 6.07) is 7.92. The molecule has 1 aliphatic carbocycles. The zero-order valence-corrected chi connectivity index (χ0v) is 9.32. The molecule has 5 heteroatoms. The van der Waals surface area contributed by atoms with Gasteiger partial charge in [-0.2, -0.15) is 0 Å². The Morgan fingerprint density at radius 1 is 1.00 bits per heavy atom. The molecule has 1 aromatic rings. The average molecular weight is 248 g/mol. The summed E-state index contributed by atoms with van der Waals surface area (Å²) in [4.78, 5) is 12.1. The van der Waals surface area contributed by atoms with Crippen molar-refractivity contribution in [1.82, 2.24) is 0 Å². The zero-order chi connectivity index (χ0) is 13.4. The summed E-state index contributed by atoms with van der Waals surface area (Å²) in [5, 5.41) is 38.2. The molecule has 94 valence electrons. The van der Waals surface area contributed by atoms with Crippen LogP contribution in [0.1, 0.15) is 10.4 Å². The molecule has 0 fully saturated rings. The summed E-state index contributed by atoms with van der Waals surface area (Å²) < 4.78 is 0. The van der Waals surface area contributed by atoms with E-state index in [4.69, 9.17) is 0 Å². The Morgan fingerprint density at radius 2 is 1.61 bits per heavy atom.